The van der Waals surface area contributed by atoms with Crippen molar-refractivity contribution in [2.24, 2.45) is 0 Å². The number of methoxy groups -OCH3 is 2. The van der Waals surface area contributed by atoms with Crippen molar-refractivity contribution in [3.8, 4) is 17.2 Å². The Balaban J connectivity index is 1.67. The molecule has 1 aliphatic rings. The van der Waals surface area contributed by atoms with E-state index in [2.05, 4.69) is 0 Å². The Labute approximate surface area is 226 Å². The molecule has 0 aliphatic carbocycles. The molecule has 0 spiro atoms. The maximum atomic E-state index is 13.7. The monoisotopic (exact) mass is 556 g/mol. The number of carbonyl (C=O) groups is 2. The fourth-order valence-electron chi connectivity index (χ4n) is 4.43. The van der Waals surface area contributed by atoms with E-state index < -0.39 is 33.7 Å². The van der Waals surface area contributed by atoms with E-state index in [0.717, 1.165) is 39.0 Å². The van der Waals surface area contributed by atoms with Gasteiger partial charge in [0.2, 0.25) is 15.9 Å². The largest absolute Gasteiger partial charge is 0.494 e. The van der Waals surface area contributed by atoms with Gasteiger partial charge < -0.3 is 14.2 Å². The third-order valence-electron chi connectivity index (χ3n) is 6.37. The molecule has 0 saturated carbocycles. The number of ether oxygens (including phenoxy) is 3. The zero-order chi connectivity index (χ0) is 28.2. The molecule has 1 unspecified atom stereocenters. The Bertz CT molecular complexity index is 1440. The molecule has 1 heterocycles. The van der Waals surface area contributed by atoms with Crippen LogP contribution in [0.15, 0.2) is 71.6 Å². The fraction of sp³-hybridized carbons (Fsp3) is 0.286. The summed E-state index contributed by atoms with van der Waals surface area (Å²) in [4.78, 5) is 27.4. The van der Waals surface area contributed by atoms with Crippen molar-refractivity contribution >= 4 is 27.5 Å². The second-order valence-corrected chi connectivity index (χ2v) is 10.6. The molecule has 3 aromatic rings. The van der Waals surface area contributed by atoms with Gasteiger partial charge in [0.15, 0.2) is 11.5 Å². The molecule has 2 amide bonds. The molecule has 4 rings (SSSR count). The van der Waals surface area contributed by atoms with Crippen molar-refractivity contribution in [3.05, 3.63) is 78.1 Å². The van der Waals surface area contributed by atoms with Gasteiger partial charge in [0.1, 0.15) is 17.6 Å². The smallest absolute Gasteiger partial charge is 0.252 e. The number of rotatable bonds is 11. The lowest BCUT2D eigenvalue weighted by atomic mass is 10.1. The van der Waals surface area contributed by atoms with E-state index in [-0.39, 0.29) is 24.3 Å². The van der Waals surface area contributed by atoms with Crippen LogP contribution in [0.4, 0.5) is 10.1 Å². The molecule has 1 fully saturated rings. The van der Waals surface area contributed by atoms with Gasteiger partial charge in [0.05, 0.1) is 37.8 Å². The van der Waals surface area contributed by atoms with Crippen LogP contribution in [0.5, 0.6) is 17.2 Å². The number of anilines is 1. The van der Waals surface area contributed by atoms with E-state index >= 15 is 0 Å². The van der Waals surface area contributed by atoms with E-state index in [1.165, 1.54) is 14.2 Å². The first-order chi connectivity index (χ1) is 18.7. The molecule has 0 bridgehead atoms. The average molecular weight is 557 g/mol. The van der Waals surface area contributed by atoms with Crippen LogP contribution in [0, 0.1) is 5.82 Å². The molecule has 11 heteroatoms. The van der Waals surface area contributed by atoms with Gasteiger partial charge in [0.25, 0.3) is 5.91 Å². The van der Waals surface area contributed by atoms with E-state index in [9.17, 15) is 22.4 Å². The van der Waals surface area contributed by atoms with Gasteiger partial charge >= 0.3 is 0 Å². The minimum absolute atomic E-state index is 0.115. The Hall–Kier alpha value is -3.96. The van der Waals surface area contributed by atoms with Gasteiger partial charge in [-0.15, -0.1) is 0 Å². The number of amides is 2. The number of carbonyl (C=O) groups excluding carboxylic acids is 2. The van der Waals surface area contributed by atoms with Crippen LogP contribution in [-0.2, 0) is 26.0 Å². The summed E-state index contributed by atoms with van der Waals surface area (Å²) in [5.41, 5.74) is 1.04. The quantitative estimate of drug-likeness (QED) is 0.331. The van der Waals surface area contributed by atoms with Gasteiger partial charge in [-0.2, -0.15) is 4.31 Å². The first kappa shape index (κ1) is 28.1. The highest BCUT2D eigenvalue weighted by Crippen LogP contribution is 2.32. The predicted molar refractivity (Wildman–Crippen MR) is 142 cm³/mol. The summed E-state index contributed by atoms with van der Waals surface area (Å²) in [5.74, 6) is -0.231. The SMILES string of the molecule is CCOc1ccc(N2C(=O)CC(N(CCc3ccc(OC)c(OC)c3)S(=O)(=O)c3ccc(F)cc3)C2=O)cc1. The molecule has 0 aromatic heterocycles. The maximum Gasteiger partial charge on any atom is 0.252 e. The van der Waals surface area contributed by atoms with Crippen LogP contribution in [0.3, 0.4) is 0 Å². The van der Waals surface area contributed by atoms with E-state index in [4.69, 9.17) is 14.2 Å². The van der Waals surface area contributed by atoms with Crippen LogP contribution in [0.2, 0.25) is 0 Å². The average Bonchev–Trinajstić information content (AvgIpc) is 3.22. The molecule has 0 radical (unpaired) electrons. The number of hydrogen-bond acceptors (Lipinski definition) is 7. The summed E-state index contributed by atoms with van der Waals surface area (Å²) in [7, 11) is -1.29. The van der Waals surface area contributed by atoms with Crippen LogP contribution < -0.4 is 19.1 Å². The highest BCUT2D eigenvalue weighted by molar-refractivity contribution is 7.89. The summed E-state index contributed by atoms with van der Waals surface area (Å²) in [6.07, 6.45) is -0.125. The topological polar surface area (TPSA) is 102 Å². The number of benzene rings is 3. The first-order valence-electron chi connectivity index (χ1n) is 12.3. The maximum absolute atomic E-state index is 13.7. The van der Waals surface area contributed by atoms with Crippen molar-refractivity contribution in [1.82, 2.24) is 4.31 Å². The third-order valence-corrected chi connectivity index (χ3v) is 8.29. The molecule has 1 atom stereocenters. The Morgan fingerprint density at radius 1 is 0.949 bits per heavy atom. The van der Waals surface area contributed by atoms with E-state index in [0.29, 0.717) is 29.5 Å². The lowest BCUT2D eigenvalue weighted by molar-refractivity contribution is -0.122. The standard InChI is InChI=1S/C28H29FN2O7S/c1-4-38-22-10-8-21(9-11-22)31-27(32)18-24(28(31)33)30(39(34,35)23-12-6-20(29)7-13-23)16-15-19-5-14-25(36-2)26(17-19)37-3/h5-14,17,24H,4,15-16,18H2,1-3H3. The van der Waals surface area contributed by atoms with Gasteiger partial charge in [-0.3, -0.25) is 9.59 Å². The van der Waals surface area contributed by atoms with Gasteiger partial charge in [-0.25, -0.2) is 17.7 Å². The first-order valence-corrected chi connectivity index (χ1v) is 13.7. The highest BCUT2D eigenvalue weighted by atomic mass is 32.2. The van der Waals surface area contributed by atoms with Gasteiger partial charge in [0, 0.05) is 6.54 Å². The molecule has 9 nitrogen and oxygen atoms in total. The lowest BCUT2D eigenvalue weighted by Gasteiger charge is -2.27. The summed E-state index contributed by atoms with van der Waals surface area (Å²) in [6, 6.07) is 14.7. The molecule has 3 aromatic carbocycles. The molecule has 0 N–H and O–H groups in total. The van der Waals surface area contributed by atoms with Crippen molar-refractivity contribution in [2.75, 3.05) is 32.3 Å². The summed E-state index contributed by atoms with van der Waals surface area (Å²) < 4.78 is 58.1. The number of sulfonamides is 1. The van der Waals surface area contributed by atoms with Crippen molar-refractivity contribution in [2.45, 2.75) is 30.7 Å². The van der Waals surface area contributed by atoms with Crippen molar-refractivity contribution < 1.29 is 36.6 Å². The van der Waals surface area contributed by atoms with Crippen molar-refractivity contribution in [3.63, 3.8) is 0 Å². The van der Waals surface area contributed by atoms with Crippen molar-refractivity contribution in [1.29, 1.82) is 0 Å². The minimum atomic E-state index is -4.28. The van der Waals surface area contributed by atoms with Gasteiger partial charge in [-0.05, 0) is 79.6 Å². The van der Waals surface area contributed by atoms with Crippen LogP contribution in [0.25, 0.3) is 0 Å². The Kier molecular flexibility index (Phi) is 8.51. The lowest BCUT2D eigenvalue weighted by Crippen LogP contribution is -2.46. The second kappa shape index (κ2) is 11.8. The summed E-state index contributed by atoms with van der Waals surface area (Å²) in [5, 5.41) is 0. The predicted octanol–water partition coefficient (Wildman–Crippen LogP) is 3.81. The zero-order valence-electron chi connectivity index (χ0n) is 21.8. The number of halogens is 1. The van der Waals surface area contributed by atoms with Gasteiger partial charge in [-0.1, -0.05) is 6.07 Å². The second-order valence-electron chi connectivity index (χ2n) is 8.72. The van der Waals surface area contributed by atoms with Crippen LogP contribution in [0.1, 0.15) is 18.9 Å². The van der Waals surface area contributed by atoms with Crippen LogP contribution in [-0.4, -0.2) is 58.0 Å². The minimum Gasteiger partial charge on any atom is -0.494 e. The number of nitrogens with zero attached hydrogens (tertiary/aromatic N) is 2. The summed E-state index contributed by atoms with van der Waals surface area (Å²) >= 11 is 0. The highest BCUT2D eigenvalue weighted by Gasteiger charge is 2.46. The summed E-state index contributed by atoms with van der Waals surface area (Å²) in [6.45, 7) is 2.18. The Morgan fingerprint density at radius 3 is 2.23 bits per heavy atom. The normalized spacial score (nSPS) is 15.6. The third kappa shape index (κ3) is 5.89. The molecule has 1 aliphatic heterocycles. The molecular formula is C28H29FN2O7S. The number of hydrogen-bond donors (Lipinski definition) is 0. The van der Waals surface area contributed by atoms with Crippen LogP contribution >= 0.6 is 0 Å². The molecular weight excluding hydrogens is 527 g/mol. The number of imide groups is 1. The van der Waals surface area contributed by atoms with E-state index in [1.807, 2.05) is 6.92 Å². The zero-order valence-corrected chi connectivity index (χ0v) is 22.6. The molecule has 1 saturated heterocycles. The van der Waals surface area contributed by atoms with E-state index in [1.54, 1.807) is 42.5 Å². The fourth-order valence-corrected chi connectivity index (χ4v) is 6.01. The molecule has 39 heavy (non-hydrogen) atoms. The molecule has 206 valence electrons. The Morgan fingerprint density at radius 2 is 1.62 bits per heavy atom.